The minimum Gasteiger partial charge on any atom is -0.352 e. The molecule has 3 saturated heterocycles. The minimum atomic E-state index is -0.708. The zero-order valence-corrected chi connectivity index (χ0v) is 37.5. The maximum Gasteiger partial charge on any atom is 0.327 e. The first-order valence-corrected chi connectivity index (χ1v) is 24.2. The number of rotatable bonds is 21. The number of likely N-dealkylation sites (tertiary alicyclic amines) is 1. The lowest BCUT2D eigenvalue weighted by molar-refractivity contribution is -0.133. The van der Waals surface area contributed by atoms with E-state index in [-0.39, 0.29) is 85.7 Å². The Labute approximate surface area is 378 Å². The number of hydrogen-bond donors (Lipinski definition) is 2. The van der Waals surface area contributed by atoms with Crippen LogP contribution in [-0.4, -0.2) is 113 Å². The van der Waals surface area contributed by atoms with Crippen molar-refractivity contribution in [2.75, 3.05) is 39.3 Å². The number of hydrogen-bond acceptors (Lipinski definition) is 6. The highest BCUT2D eigenvalue weighted by atomic mass is 16.2. The molecule has 0 aromatic heterocycles. The van der Waals surface area contributed by atoms with Crippen LogP contribution in [-0.2, 0) is 14.4 Å². The molecule has 7 amide bonds. The first kappa shape index (κ1) is 45.1. The standard InChI is InChI=1S/C52H66N6O6/c1-2-3-4-5-6-7-8-9-10-11-12-19-28-58-51(63)46-35-55(29-30-57(46)52(58)64)49(61)38-24-26-39(27-25-38)50(62)56-33-42(47(59)53-44-31-40(44)36-20-15-13-16-21-36)43(34-56)48(60)54-45-32-41(45)37-22-17-14-18-23-37/h13-18,20-27,40-46H,2-12,19,28-35H2,1H3,(H,53,59)(H,54,60)/t40-,41-,42-,43-,44+,45+,46+/m1/s1. The van der Waals surface area contributed by atoms with Crippen LogP contribution in [0.5, 0.6) is 0 Å². The molecule has 12 heteroatoms. The fraction of sp³-hybridized carbons (Fsp3) is 0.538. The molecule has 7 atom stereocenters. The normalized spacial score (nSPS) is 24.7. The van der Waals surface area contributed by atoms with Gasteiger partial charge in [-0.3, -0.25) is 28.9 Å². The van der Waals surface area contributed by atoms with E-state index in [1.54, 1.807) is 39.0 Å². The van der Waals surface area contributed by atoms with Crippen LogP contribution >= 0.6 is 0 Å². The van der Waals surface area contributed by atoms with Gasteiger partial charge in [0.1, 0.15) is 6.04 Å². The zero-order valence-electron chi connectivity index (χ0n) is 37.5. The largest absolute Gasteiger partial charge is 0.352 e. The number of benzene rings is 3. The van der Waals surface area contributed by atoms with E-state index in [9.17, 15) is 28.8 Å². The fourth-order valence-electron chi connectivity index (χ4n) is 10.2. The maximum atomic E-state index is 14.0. The lowest BCUT2D eigenvalue weighted by atomic mass is 9.94. The van der Waals surface area contributed by atoms with Crippen LogP contribution in [0.2, 0.25) is 0 Å². The molecule has 0 spiro atoms. The van der Waals surface area contributed by atoms with Gasteiger partial charge in [0.25, 0.3) is 17.7 Å². The van der Waals surface area contributed by atoms with E-state index < -0.39 is 17.9 Å². The van der Waals surface area contributed by atoms with Gasteiger partial charge in [-0.25, -0.2) is 4.79 Å². The van der Waals surface area contributed by atoms with Gasteiger partial charge in [0.15, 0.2) is 0 Å². The molecule has 2 aliphatic carbocycles. The smallest absolute Gasteiger partial charge is 0.327 e. The van der Waals surface area contributed by atoms with Crippen LogP contribution in [0.3, 0.4) is 0 Å². The molecule has 64 heavy (non-hydrogen) atoms. The van der Waals surface area contributed by atoms with Crippen LogP contribution in [0.1, 0.15) is 140 Å². The first-order chi connectivity index (χ1) is 31.2. The molecule has 3 aromatic carbocycles. The third-order valence-electron chi connectivity index (χ3n) is 14.3. The van der Waals surface area contributed by atoms with Crippen molar-refractivity contribution in [1.82, 2.24) is 30.2 Å². The Hall–Kier alpha value is -5.52. The van der Waals surface area contributed by atoms with Gasteiger partial charge in [-0.05, 0) is 54.7 Å². The Balaban J connectivity index is 0.825. The van der Waals surface area contributed by atoms with Crippen molar-refractivity contribution in [1.29, 1.82) is 0 Å². The Morgan fingerprint density at radius 3 is 1.48 bits per heavy atom. The topological polar surface area (TPSA) is 139 Å². The molecule has 0 radical (unpaired) electrons. The van der Waals surface area contributed by atoms with Crippen LogP contribution < -0.4 is 10.6 Å². The average Bonchev–Trinajstić information content (AvgIpc) is 4.22. The molecule has 2 saturated carbocycles. The molecule has 12 nitrogen and oxygen atoms in total. The molecular formula is C52H66N6O6. The molecule has 5 aliphatic rings. The van der Waals surface area contributed by atoms with Crippen molar-refractivity contribution >= 4 is 35.6 Å². The van der Waals surface area contributed by atoms with E-state index in [2.05, 4.69) is 41.8 Å². The van der Waals surface area contributed by atoms with E-state index in [0.717, 1.165) is 32.1 Å². The van der Waals surface area contributed by atoms with Crippen molar-refractivity contribution in [3.8, 4) is 0 Å². The van der Waals surface area contributed by atoms with E-state index in [4.69, 9.17) is 0 Å². The lowest BCUT2D eigenvalue weighted by Crippen LogP contribution is -2.54. The predicted octanol–water partition coefficient (Wildman–Crippen LogP) is 7.51. The number of amides is 7. The molecule has 8 rings (SSSR count). The zero-order chi connectivity index (χ0) is 44.6. The molecule has 3 heterocycles. The highest BCUT2D eigenvalue weighted by Crippen LogP contribution is 2.43. The molecule has 0 bridgehead atoms. The molecule has 0 unspecified atom stereocenters. The Morgan fingerprint density at radius 2 is 1.00 bits per heavy atom. The average molecular weight is 871 g/mol. The van der Waals surface area contributed by atoms with Crippen molar-refractivity contribution in [3.05, 3.63) is 107 Å². The van der Waals surface area contributed by atoms with Crippen LogP contribution in [0.4, 0.5) is 4.79 Å². The summed E-state index contributed by atoms with van der Waals surface area (Å²) in [5.74, 6) is -2.22. The van der Waals surface area contributed by atoms with Crippen molar-refractivity contribution in [2.24, 2.45) is 11.8 Å². The molecule has 2 N–H and O–H groups in total. The van der Waals surface area contributed by atoms with Gasteiger partial charge in [-0.15, -0.1) is 0 Å². The molecule has 3 aromatic rings. The summed E-state index contributed by atoms with van der Waals surface area (Å²) >= 11 is 0. The fourth-order valence-corrected chi connectivity index (χ4v) is 10.2. The molecule has 340 valence electrons. The maximum absolute atomic E-state index is 14.0. The summed E-state index contributed by atoms with van der Waals surface area (Å²) in [6.07, 6.45) is 16.2. The summed E-state index contributed by atoms with van der Waals surface area (Å²) in [6, 6.07) is 25.6. The highest BCUT2D eigenvalue weighted by molar-refractivity contribution is 6.05. The van der Waals surface area contributed by atoms with Crippen LogP contribution in [0.25, 0.3) is 0 Å². The van der Waals surface area contributed by atoms with Gasteiger partial charge in [-0.1, -0.05) is 138 Å². The number of unbranched alkanes of at least 4 members (excludes halogenated alkanes) is 11. The Kier molecular flexibility index (Phi) is 14.8. The lowest BCUT2D eigenvalue weighted by Gasteiger charge is -2.35. The Bertz CT molecular complexity index is 2040. The second-order valence-corrected chi connectivity index (χ2v) is 18.9. The van der Waals surface area contributed by atoms with E-state index in [1.807, 2.05) is 36.4 Å². The van der Waals surface area contributed by atoms with Crippen molar-refractivity contribution < 1.29 is 28.8 Å². The van der Waals surface area contributed by atoms with Crippen molar-refractivity contribution in [3.63, 3.8) is 0 Å². The van der Waals surface area contributed by atoms with Gasteiger partial charge >= 0.3 is 6.03 Å². The summed E-state index contributed by atoms with van der Waals surface area (Å²) < 4.78 is 0. The van der Waals surface area contributed by atoms with E-state index >= 15 is 0 Å². The third-order valence-corrected chi connectivity index (χ3v) is 14.3. The number of nitrogens with zero attached hydrogens (tertiary/aromatic N) is 4. The summed E-state index contributed by atoms with van der Waals surface area (Å²) in [6.45, 7) is 3.58. The predicted molar refractivity (Wildman–Crippen MR) is 245 cm³/mol. The first-order valence-electron chi connectivity index (χ1n) is 24.2. The second-order valence-electron chi connectivity index (χ2n) is 18.9. The second kappa shape index (κ2) is 21.0. The van der Waals surface area contributed by atoms with E-state index in [1.165, 1.54) is 73.8 Å². The molecular weight excluding hydrogens is 805 g/mol. The number of urea groups is 1. The van der Waals surface area contributed by atoms with Gasteiger partial charge in [0.05, 0.1) is 18.4 Å². The quantitative estimate of drug-likeness (QED) is 0.0840. The number of carbonyl (C=O) groups is 6. The van der Waals surface area contributed by atoms with Gasteiger partial charge < -0.3 is 25.3 Å². The van der Waals surface area contributed by atoms with Crippen LogP contribution in [0.15, 0.2) is 84.9 Å². The number of fused-ring (bicyclic) bond motifs is 1. The van der Waals surface area contributed by atoms with Gasteiger partial charge in [-0.2, -0.15) is 0 Å². The molecule has 5 fully saturated rings. The number of nitrogens with one attached hydrogen (secondary N) is 2. The summed E-state index contributed by atoms with van der Waals surface area (Å²) in [5, 5.41) is 6.37. The number of carbonyl (C=O) groups excluding carboxylic acids is 6. The van der Waals surface area contributed by atoms with E-state index in [0.29, 0.717) is 24.2 Å². The summed E-state index contributed by atoms with van der Waals surface area (Å²) in [5.41, 5.74) is 3.07. The summed E-state index contributed by atoms with van der Waals surface area (Å²) in [4.78, 5) is 88.4. The van der Waals surface area contributed by atoms with Gasteiger partial charge in [0, 0.05) is 67.8 Å². The number of imide groups is 1. The SMILES string of the molecule is CCCCCCCCCCCCCCN1C(=O)[C@@H]2CN(C(=O)c3ccc(C(=O)N4C[C@@H](C(=O)N[C@H]5C[C@@H]5c5ccccc5)[C@H](C(=O)N[C@H]5C[C@@H]5c5ccccc5)C4)cc3)CCN2C1=O. The Morgan fingerprint density at radius 1 is 0.547 bits per heavy atom. The monoisotopic (exact) mass is 871 g/mol. The van der Waals surface area contributed by atoms with Crippen molar-refractivity contribution in [2.45, 2.75) is 127 Å². The minimum absolute atomic E-state index is 0.0161. The highest BCUT2D eigenvalue weighted by Gasteiger charge is 2.50. The van der Waals surface area contributed by atoms with Crippen LogP contribution in [0, 0.1) is 11.8 Å². The summed E-state index contributed by atoms with van der Waals surface area (Å²) in [7, 11) is 0. The van der Waals surface area contributed by atoms with Gasteiger partial charge in [0.2, 0.25) is 11.8 Å². The number of piperazine rings is 1. The molecule has 3 aliphatic heterocycles. The third kappa shape index (κ3) is 10.7.